The van der Waals surface area contributed by atoms with Crippen LogP contribution in [0, 0.1) is 0 Å². The molecule has 4 fully saturated rings. The molecule has 0 saturated carbocycles. The number of anilines is 2. The molecule has 0 aromatic heterocycles. The van der Waals surface area contributed by atoms with Gasteiger partial charge in [0.1, 0.15) is 0 Å². The molecule has 0 atom stereocenters. The number of hydrogen-bond acceptors (Lipinski definition) is 7. The molecule has 9 nitrogen and oxygen atoms in total. The Bertz CT molecular complexity index is 1780. The summed E-state index contributed by atoms with van der Waals surface area (Å²) in [7, 11) is -0.250. The van der Waals surface area contributed by atoms with Crippen molar-refractivity contribution >= 4 is 40.6 Å². The Hall–Kier alpha value is -3.83. The van der Waals surface area contributed by atoms with Crippen molar-refractivity contribution in [1.82, 2.24) is 25.3 Å². The maximum absolute atomic E-state index is 12.5. The number of urea groups is 1. The van der Waals surface area contributed by atoms with Crippen LogP contribution in [0.2, 0.25) is 10.0 Å². The van der Waals surface area contributed by atoms with E-state index in [1.165, 1.54) is 79.8 Å². The molecule has 328 valence electrons. The highest BCUT2D eigenvalue weighted by Crippen LogP contribution is 2.21. The quantitative estimate of drug-likeness (QED) is 0.139. The van der Waals surface area contributed by atoms with E-state index in [9.17, 15) is 4.79 Å². The van der Waals surface area contributed by atoms with E-state index in [0.717, 1.165) is 101 Å². The van der Waals surface area contributed by atoms with E-state index in [0.29, 0.717) is 6.54 Å². The van der Waals surface area contributed by atoms with Gasteiger partial charge in [0.25, 0.3) is 0 Å². The van der Waals surface area contributed by atoms with Gasteiger partial charge in [0.2, 0.25) is 0 Å². The fourth-order valence-electron chi connectivity index (χ4n) is 8.01. The molecule has 8 rings (SSSR count). The first-order valence-corrected chi connectivity index (χ1v) is 22.2. The third kappa shape index (κ3) is 16.2. The summed E-state index contributed by atoms with van der Waals surface area (Å²) >= 11 is 11.8. The second-order valence-electron chi connectivity index (χ2n) is 15.8. The van der Waals surface area contributed by atoms with Gasteiger partial charge in [-0.05, 0) is 142 Å². The minimum Gasteiger partial charge on any atom is -0.369 e. The fourth-order valence-corrected chi connectivity index (χ4v) is 8.26. The average Bonchev–Trinajstić information content (AvgIpc) is 4.02. The van der Waals surface area contributed by atoms with Crippen LogP contribution in [0.15, 0.2) is 97.1 Å². The first-order valence-electron chi connectivity index (χ1n) is 22.9. The van der Waals surface area contributed by atoms with Crippen LogP contribution in [0.3, 0.4) is 0 Å². The van der Waals surface area contributed by atoms with Gasteiger partial charge in [0.15, 0.2) is 0 Å². The van der Waals surface area contributed by atoms with Crippen LogP contribution >= 0.6 is 23.2 Å². The van der Waals surface area contributed by atoms with Crippen LogP contribution in [0.5, 0.6) is 0 Å². The number of piperazine rings is 2. The summed E-state index contributed by atoms with van der Waals surface area (Å²) in [6.07, 6.45) is 7.24. The lowest BCUT2D eigenvalue weighted by Crippen LogP contribution is -2.52. The number of nitrogens with one attached hydrogen (secondary N) is 2. The summed E-state index contributed by atoms with van der Waals surface area (Å²) in [6.45, 7) is 16.0. The maximum atomic E-state index is 12.5. The van der Waals surface area contributed by atoms with Crippen LogP contribution in [0.25, 0.3) is 0 Å². The molecule has 4 aromatic rings. The van der Waals surface area contributed by atoms with Gasteiger partial charge in [-0.3, -0.25) is 9.80 Å². The minimum absolute atomic E-state index is 0. The van der Waals surface area contributed by atoms with Crippen LogP contribution in [0.1, 0.15) is 65.5 Å². The highest BCUT2D eigenvalue weighted by molar-refractivity contribution is 6.30. The normalized spacial score (nSPS) is 17.1. The smallest absolute Gasteiger partial charge is 0.317 e. The Morgan fingerprint density at radius 2 is 1.02 bits per heavy atom. The molecule has 0 spiro atoms. The molecule has 4 heterocycles. The predicted octanol–water partition coefficient (Wildman–Crippen LogP) is 8.82. The van der Waals surface area contributed by atoms with E-state index in [4.69, 9.17) is 31.7 Å². The molecule has 4 aliphatic heterocycles. The van der Waals surface area contributed by atoms with Crippen molar-refractivity contribution in [3.63, 3.8) is 0 Å². The largest absolute Gasteiger partial charge is 0.369 e. The summed E-state index contributed by atoms with van der Waals surface area (Å²) in [5.74, 6) is 0. The van der Waals surface area contributed by atoms with Gasteiger partial charge in [-0.15, -0.1) is 0 Å². The Labute approximate surface area is 375 Å². The summed E-state index contributed by atoms with van der Waals surface area (Å²) in [5.41, 5.74) is 13.4. The third-order valence-electron chi connectivity index (χ3n) is 11.4. The lowest BCUT2D eigenvalue weighted by molar-refractivity contribution is 0.194. The Morgan fingerprint density at radius 1 is 0.617 bits per heavy atom. The van der Waals surface area contributed by atoms with Crippen LogP contribution < -0.4 is 26.2 Å². The number of carbonyl (C=O) groups excluding carboxylic acids is 1. The first-order chi connectivity index (χ1) is 29.8. The van der Waals surface area contributed by atoms with Crippen molar-refractivity contribution in [3.8, 4) is 0 Å². The number of amides is 2. The third-order valence-corrected chi connectivity index (χ3v) is 11.9. The zero-order valence-corrected chi connectivity index (χ0v) is 36.5. The minimum atomic E-state index is -0.250. The van der Waals surface area contributed by atoms with Gasteiger partial charge in [-0.2, -0.15) is 0 Å². The molecule has 11 heteroatoms. The topological polar surface area (TPSA) is 83.3 Å². The van der Waals surface area contributed by atoms with Crippen LogP contribution in [0.4, 0.5) is 16.2 Å². The Kier molecular flexibility index (Phi) is 20.2. The van der Waals surface area contributed by atoms with E-state index < -0.39 is 0 Å². The van der Waals surface area contributed by atoms with Gasteiger partial charge < -0.3 is 31.1 Å². The molecular formula is C49H72Cl2N8O. The van der Waals surface area contributed by atoms with Gasteiger partial charge in [-0.25, -0.2) is 4.79 Å². The van der Waals surface area contributed by atoms with Crippen LogP contribution in [-0.4, -0.2) is 112 Å². The fraction of sp³-hybridized carbons (Fsp3) is 0.490. The van der Waals surface area contributed by atoms with Crippen molar-refractivity contribution < 1.29 is 7.54 Å². The highest BCUT2D eigenvalue weighted by atomic mass is 35.5. The highest BCUT2D eigenvalue weighted by Gasteiger charge is 2.21. The average molecular weight is 863 g/mol. The number of rotatable bonds is 11. The number of nitrogens with two attached hydrogens (primary N) is 1. The maximum Gasteiger partial charge on any atom is 0.317 e. The van der Waals surface area contributed by atoms with Crippen molar-refractivity contribution in [3.05, 3.63) is 129 Å². The molecule has 0 unspecified atom stereocenters. The van der Waals surface area contributed by atoms with Gasteiger partial charge in [-0.1, -0.05) is 86.5 Å². The van der Waals surface area contributed by atoms with E-state index in [-0.39, 0.29) is 20.8 Å². The number of hydrogen-bond donors (Lipinski definition) is 3. The number of halogens is 2. The van der Waals surface area contributed by atoms with E-state index >= 15 is 0 Å². The lowest BCUT2D eigenvalue weighted by Gasteiger charge is -2.36. The molecule has 4 aliphatic rings. The molecule has 0 aliphatic carbocycles. The summed E-state index contributed by atoms with van der Waals surface area (Å²) < 4.78 is 11.8. The Balaban J connectivity index is 0.000000220. The van der Waals surface area contributed by atoms with Crippen molar-refractivity contribution in [2.45, 2.75) is 66.4 Å². The van der Waals surface area contributed by atoms with E-state index in [1.807, 2.05) is 41.3 Å². The Morgan fingerprint density at radius 3 is 1.45 bits per heavy atom. The monoisotopic (exact) mass is 862 g/mol. The summed E-state index contributed by atoms with van der Waals surface area (Å²) in [4.78, 5) is 24.1. The van der Waals surface area contributed by atoms with Gasteiger partial charge in [0.05, 0.1) is 0 Å². The standard InChI is InChI=1S/C24H31ClN4O.C13H20N2.C10H13ClN2.2CH4/c25-22-7-9-23(10-8-22)28-15-17-29(18-16-28)24(30)26-12-11-20-3-5-21(6-4-20)19-27-13-1-2-14-27;14-8-7-12-3-5-13(6-4-12)11-15-9-1-2-10-15;11-9-1-3-10(4-2-9)13-7-5-12-6-8-13;;/h3-10H,1-2,11-19H2,(H,26,30);3-6H,1-2,7-11,14H2;1-4,12H,5-8H2;2*1H4/i;;;1TD;. The van der Waals surface area contributed by atoms with Crippen molar-refractivity contribution in [2.24, 2.45) is 5.73 Å². The lowest BCUT2D eigenvalue weighted by atomic mass is 10.1. The molecule has 4 saturated heterocycles. The first kappa shape index (κ1) is 45.7. The number of benzene rings is 4. The zero-order valence-electron chi connectivity index (χ0n) is 37.0. The van der Waals surface area contributed by atoms with Crippen molar-refractivity contribution in [2.75, 3.05) is 101 Å². The predicted molar refractivity (Wildman–Crippen MR) is 257 cm³/mol. The summed E-state index contributed by atoms with van der Waals surface area (Å²) in [6, 6.07) is 33.7. The second-order valence-corrected chi connectivity index (χ2v) is 16.7. The van der Waals surface area contributed by atoms with E-state index in [1.54, 1.807) is 0 Å². The number of likely N-dealkylation sites (tertiary alicyclic amines) is 2. The zero-order chi connectivity index (χ0) is 43.1. The van der Waals surface area contributed by atoms with Crippen LogP contribution in [-0.2, 0) is 25.9 Å². The van der Waals surface area contributed by atoms with E-state index in [2.05, 4.69) is 90.9 Å². The molecule has 2 amide bonds. The molecule has 0 bridgehead atoms. The van der Waals surface area contributed by atoms with Crippen molar-refractivity contribution in [1.29, 1.82) is 0 Å². The SMILES string of the molecule is C.Clc1ccc(N2CCNCC2)cc1.NCCc1ccc(CN2CCCC2)cc1.O=C(NCCc1ccc(CN2CCCC2)cc1)N1CCN(c2ccc(Cl)cc2)CC1.[2H]C[3H]. The number of carbonyl (C=O) groups is 1. The molecule has 4 N–H and O–H groups in total. The molecule has 4 aromatic carbocycles. The molecular weight excluding hydrogens is 787 g/mol. The second kappa shape index (κ2) is 26.5. The van der Waals surface area contributed by atoms with Gasteiger partial charge >= 0.3 is 6.03 Å². The van der Waals surface area contributed by atoms with Gasteiger partial charge in [0, 0.05) is 96.2 Å². The molecule has 60 heavy (non-hydrogen) atoms. The number of nitrogens with zero attached hydrogens (tertiary/aromatic N) is 5. The summed E-state index contributed by atoms with van der Waals surface area (Å²) in [5, 5.41) is 7.96. The molecule has 0 radical (unpaired) electrons.